The molecule has 2 amide bonds. The van der Waals surface area contributed by atoms with Gasteiger partial charge in [-0.15, -0.1) is 0 Å². The standard InChI is InChI=1S/C15H25N3O3/c1-17-7-6-12(15(17)21)18-8-4-10(5-9-18)13(19)14(20)16-11-2-3-11/h10-13,19H,2-9H2,1H3,(H,16,20)/t12-,13+/m1/s1. The van der Waals surface area contributed by atoms with Crippen molar-refractivity contribution in [2.45, 2.75) is 50.3 Å². The lowest BCUT2D eigenvalue weighted by molar-refractivity contribution is -0.135. The van der Waals surface area contributed by atoms with Crippen molar-refractivity contribution in [3.05, 3.63) is 0 Å². The van der Waals surface area contributed by atoms with Gasteiger partial charge in [-0.3, -0.25) is 14.5 Å². The second-order valence-electron chi connectivity index (χ2n) is 6.67. The van der Waals surface area contributed by atoms with Crippen LogP contribution in [0.1, 0.15) is 32.1 Å². The van der Waals surface area contributed by atoms with E-state index in [2.05, 4.69) is 10.2 Å². The first kappa shape index (κ1) is 14.8. The summed E-state index contributed by atoms with van der Waals surface area (Å²) in [5.41, 5.74) is 0. The highest BCUT2D eigenvalue weighted by atomic mass is 16.3. The largest absolute Gasteiger partial charge is 0.383 e. The molecule has 6 nitrogen and oxygen atoms in total. The van der Waals surface area contributed by atoms with Crippen molar-refractivity contribution >= 4 is 11.8 Å². The van der Waals surface area contributed by atoms with Gasteiger partial charge < -0.3 is 15.3 Å². The van der Waals surface area contributed by atoms with Crippen molar-refractivity contribution < 1.29 is 14.7 Å². The predicted molar refractivity (Wildman–Crippen MR) is 77.5 cm³/mol. The van der Waals surface area contributed by atoms with Crippen LogP contribution in [0.2, 0.25) is 0 Å². The number of rotatable bonds is 4. The van der Waals surface area contributed by atoms with Gasteiger partial charge in [-0.25, -0.2) is 0 Å². The van der Waals surface area contributed by atoms with E-state index in [0.717, 1.165) is 51.7 Å². The lowest BCUT2D eigenvalue weighted by atomic mass is 9.90. The van der Waals surface area contributed by atoms with Crippen molar-refractivity contribution in [3.8, 4) is 0 Å². The molecule has 2 atom stereocenters. The zero-order chi connectivity index (χ0) is 15.0. The molecule has 0 radical (unpaired) electrons. The summed E-state index contributed by atoms with van der Waals surface area (Å²) in [6.45, 7) is 2.42. The molecule has 1 saturated carbocycles. The summed E-state index contributed by atoms with van der Waals surface area (Å²) in [5, 5.41) is 13.0. The van der Waals surface area contributed by atoms with E-state index in [1.807, 2.05) is 7.05 Å². The molecule has 3 aliphatic rings. The van der Waals surface area contributed by atoms with Gasteiger partial charge in [0.25, 0.3) is 0 Å². The zero-order valence-electron chi connectivity index (χ0n) is 12.6. The van der Waals surface area contributed by atoms with Crippen LogP contribution < -0.4 is 5.32 Å². The summed E-state index contributed by atoms with van der Waals surface area (Å²) in [4.78, 5) is 27.9. The second kappa shape index (κ2) is 5.93. The first-order valence-electron chi connectivity index (χ1n) is 8.03. The van der Waals surface area contributed by atoms with Gasteiger partial charge in [-0.05, 0) is 51.1 Å². The Morgan fingerprint density at radius 2 is 1.86 bits per heavy atom. The number of piperidine rings is 1. The van der Waals surface area contributed by atoms with E-state index in [-0.39, 0.29) is 23.8 Å². The highest BCUT2D eigenvalue weighted by Crippen LogP contribution is 2.26. The number of hydrogen-bond acceptors (Lipinski definition) is 4. The van der Waals surface area contributed by atoms with Crippen molar-refractivity contribution in [2.24, 2.45) is 5.92 Å². The Bertz CT molecular complexity index is 416. The average Bonchev–Trinajstić information content (AvgIpc) is 3.24. The van der Waals surface area contributed by atoms with E-state index in [4.69, 9.17) is 0 Å². The topological polar surface area (TPSA) is 72.9 Å². The van der Waals surface area contributed by atoms with Gasteiger partial charge in [-0.2, -0.15) is 0 Å². The van der Waals surface area contributed by atoms with Crippen LogP contribution in [0.5, 0.6) is 0 Å². The lowest BCUT2D eigenvalue weighted by Crippen LogP contribution is -2.49. The molecular formula is C15H25N3O3. The van der Waals surface area contributed by atoms with E-state index >= 15 is 0 Å². The molecule has 0 aromatic rings. The molecule has 3 rings (SSSR count). The van der Waals surface area contributed by atoms with Crippen LogP contribution in [0.4, 0.5) is 0 Å². The van der Waals surface area contributed by atoms with E-state index in [0.29, 0.717) is 6.04 Å². The number of aliphatic hydroxyl groups is 1. The minimum Gasteiger partial charge on any atom is -0.383 e. The zero-order valence-corrected chi connectivity index (χ0v) is 12.6. The SMILES string of the molecule is CN1CC[C@@H](N2CCC([C@H](O)C(=O)NC3CC3)CC2)C1=O. The Balaban J connectivity index is 1.48. The minimum atomic E-state index is -0.894. The molecule has 118 valence electrons. The fourth-order valence-corrected chi connectivity index (χ4v) is 3.42. The average molecular weight is 295 g/mol. The van der Waals surface area contributed by atoms with Gasteiger partial charge in [0, 0.05) is 19.6 Å². The number of likely N-dealkylation sites (tertiary alicyclic amines) is 2. The number of carbonyl (C=O) groups is 2. The molecule has 0 spiro atoms. The number of carbonyl (C=O) groups excluding carboxylic acids is 2. The Morgan fingerprint density at radius 3 is 2.38 bits per heavy atom. The van der Waals surface area contributed by atoms with Gasteiger partial charge in [0.15, 0.2) is 0 Å². The third-order valence-corrected chi connectivity index (χ3v) is 5.05. The smallest absolute Gasteiger partial charge is 0.249 e. The molecular weight excluding hydrogens is 270 g/mol. The van der Waals surface area contributed by atoms with E-state index in [1.54, 1.807) is 4.90 Å². The second-order valence-corrected chi connectivity index (χ2v) is 6.67. The van der Waals surface area contributed by atoms with E-state index in [9.17, 15) is 14.7 Å². The Hall–Kier alpha value is -1.14. The number of likely N-dealkylation sites (N-methyl/N-ethyl adjacent to an activating group) is 1. The summed E-state index contributed by atoms with van der Waals surface area (Å²) in [5.74, 6) is 0.0161. The van der Waals surface area contributed by atoms with Crippen LogP contribution in [0, 0.1) is 5.92 Å². The lowest BCUT2D eigenvalue weighted by Gasteiger charge is -2.36. The van der Waals surface area contributed by atoms with Gasteiger partial charge in [-0.1, -0.05) is 0 Å². The van der Waals surface area contributed by atoms with E-state index < -0.39 is 6.10 Å². The van der Waals surface area contributed by atoms with Gasteiger partial charge in [0.05, 0.1) is 6.04 Å². The van der Waals surface area contributed by atoms with Gasteiger partial charge in [0.1, 0.15) is 6.10 Å². The fourth-order valence-electron chi connectivity index (χ4n) is 3.42. The number of nitrogens with one attached hydrogen (secondary N) is 1. The summed E-state index contributed by atoms with van der Waals surface area (Å²) >= 11 is 0. The van der Waals surface area contributed by atoms with Crippen LogP contribution in [-0.2, 0) is 9.59 Å². The molecule has 0 bridgehead atoms. The molecule has 0 unspecified atom stereocenters. The molecule has 0 aromatic carbocycles. The number of aliphatic hydroxyl groups excluding tert-OH is 1. The molecule has 0 aromatic heterocycles. The third kappa shape index (κ3) is 3.21. The Kier molecular flexibility index (Phi) is 4.17. The maximum atomic E-state index is 12.0. The highest BCUT2D eigenvalue weighted by Gasteiger charge is 2.38. The van der Waals surface area contributed by atoms with Crippen molar-refractivity contribution in [1.82, 2.24) is 15.1 Å². The van der Waals surface area contributed by atoms with Crippen molar-refractivity contribution in [1.29, 1.82) is 0 Å². The molecule has 2 aliphatic heterocycles. The van der Waals surface area contributed by atoms with Crippen molar-refractivity contribution in [3.63, 3.8) is 0 Å². The molecule has 21 heavy (non-hydrogen) atoms. The quantitative estimate of drug-likeness (QED) is 0.738. The third-order valence-electron chi connectivity index (χ3n) is 5.05. The Labute approximate surface area is 125 Å². The van der Waals surface area contributed by atoms with Crippen LogP contribution in [0.15, 0.2) is 0 Å². The number of hydrogen-bond donors (Lipinski definition) is 2. The van der Waals surface area contributed by atoms with Gasteiger partial charge >= 0.3 is 0 Å². The molecule has 2 N–H and O–H groups in total. The van der Waals surface area contributed by atoms with Crippen LogP contribution in [-0.4, -0.2) is 71.6 Å². The minimum absolute atomic E-state index is 0.00776. The normalized spacial score (nSPS) is 29.7. The predicted octanol–water partition coefficient (Wildman–Crippen LogP) is -0.431. The molecule has 3 fully saturated rings. The molecule has 2 heterocycles. The van der Waals surface area contributed by atoms with Crippen LogP contribution in [0.25, 0.3) is 0 Å². The maximum Gasteiger partial charge on any atom is 0.249 e. The van der Waals surface area contributed by atoms with Crippen LogP contribution in [0.3, 0.4) is 0 Å². The molecule has 2 saturated heterocycles. The first-order valence-corrected chi connectivity index (χ1v) is 8.03. The van der Waals surface area contributed by atoms with Crippen LogP contribution >= 0.6 is 0 Å². The summed E-state index contributed by atoms with van der Waals surface area (Å²) < 4.78 is 0. The molecule has 6 heteroatoms. The Morgan fingerprint density at radius 1 is 1.19 bits per heavy atom. The summed E-state index contributed by atoms with van der Waals surface area (Å²) in [7, 11) is 1.85. The first-order chi connectivity index (χ1) is 10.1. The summed E-state index contributed by atoms with van der Waals surface area (Å²) in [6.07, 6.45) is 3.64. The monoisotopic (exact) mass is 295 g/mol. The fraction of sp³-hybridized carbons (Fsp3) is 0.867. The highest BCUT2D eigenvalue weighted by molar-refractivity contribution is 5.83. The van der Waals surface area contributed by atoms with Gasteiger partial charge in [0.2, 0.25) is 11.8 Å². The van der Waals surface area contributed by atoms with Crippen molar-refractivity contribution in [2.75, 3.05) is 26.7 Å². The number of nitrogens with zero attached hydrogens (tertiary/aromatic N) is 2. The summed E-state index contributed by atoms with van der Waals surface area (Å²) in [6, 6.07) is 0.298. The number of amides is 2. The van der Waals surface area contributed by atoms with E-state index in [1.165, 1.54) is 0 Å². The molecule has 1 aliphatic carbocycles. The maximum absolute atomic E-state index is 12.0.